The fraction of sp³-hybridized carbons (Fsp3) is 0.269. The minimum Gasteiger partial charge on any atom is -0.390 e. The van der Waals surface area contributed by atoms with Crippen molar-refractivity contribution in [3.8, 4) is 0 Å². The number of aliphatic hydroxyl groups excluding tert-OH is 1. The first-order valence-corrected chi connectivity index (χ1v) is 12.0. The zero-order chi connectivity index (χ0) is 23.6. The zero-order valence-corrected chi connectivity index (χ0v) is 19.2. The Hall–Kier alpha value is -2.74. The number of benzene rings is 3. The summed E-state index contributed by atoms with van der Waals surface area (Å²) in [5.74, 6) is -1.66. The number of nitrogens with one attached hydrogen (secondary N) is 2. The van der Waals surface area contributed by atoms with Crippen LogP contribution in [0.3, 0.4) is 0 Å². The summed E-state index contributed by atoms with van der Waals surface area (Å²) in [5.41, 5.74) is 2.27. The second-order valence-electron chi connectivity index (χ2n) is 7.86. The number of thioether (sulfide) groups is 1. The van der Waals surface area contributed by atoms with E-state index in [4.69, 9.17) is 0 Å². The molecule has 0 aliphatic rings. The van der Waals surface area contributed by atoms with E-state index >= 15 is 0 Å². The molecule has 0 heterocycles. The van der Waals surface area contributed by atoms with Crippen molar-refractivity contribution < 1.29 is 18.7 Å². The van der Waals surface area contributed by atoms with E-state index in [2.05, 4.69) is 10.6 Å². The lowest BCUT2D eigenvalue weighted by Gasteiger charge is -2.25. The molecule has 33 heavy (non-hydrogen) atoms. The molecule has 0 aromatic heterocycles. The lowest BCUT2D eigenvalue weighted by atomic mass is 10.00. The van der Waals surface area contributed by atoms with Gasteiger partial charge in [0.25, 0.3) is 0 Å². The molecule has 2 atom stereocenters. The number of hydrogen-bond acceptors (Lipinski definition) is 4. The Bertz CT molecular complexity index is 1010. The molecule has 0 spiro atoms. The molecule has 3 rings (SSSR count). The summed E-state index contributed by atoms with van der Waals surface area (Å²) in [7, 11) is 0. The molecule has 0 bridgehead atoms. The number of hydrogen-bond donors (Lipinski definition) is 3. The molecule has 3 aromatic rings. The smallest absolute Gasteiger partial charge is 0.224 e. The topological polar surface area (TPSA) is 61.4 Å². The molecule has 3 N–H and O–H groups in total. The average molecular weight is 471 g/mol. The molecule has 0 fully saturated rings. The number of halogens is 2. The van der Waals surface area contributed by atoms with Gasteiger partial charge >= 0.3 is 0 Å². The molecule has 0 saturated carbocycles. The van der Waals surface area contributed by atoms with Crippen molar-refractivity contribution in [2.75, 3.05) is 12.8 Å². The van der Waals surface area contributed by atoms with Crippen LogP contribution in [0.1, 0.15) is 16.7 Å². The Morgan fingerprint density at radius 3 is 2.24 bits per heavy atom. The summed E-state index contributed by atoms with van der Waals surface area (Å²) in [6.07, 6.45) is 1.27. The van der Waals surface area contributed by atoms with Gasteiger partial charge in [-0.1, -0.05) is 42.5 Å². The summed E-state index contributed by atoms with van der Waals surface area (Å²) < 4.78 is 27.4. The van der Waals surface area contributed by atoms with Crippen LogP contribution in [0, 0.1) is 11.6 Å². The van der Waals surface area contributed by atoms with E-state index in [1.807, 2.05) is 60.9 Å². The largest absolute Gasteiger partial charge is 0.390 e. The Labute approximate surface area is 197 Å². The highest BCUT2D eigenvalue weighted by atomic mass is 32.2. The van der Waals surface area contributed by atoms with Gasteiger partial charge in [-0.15, -0.1) is 11.8 Å². The van der Waals surface area contributed by atoms with Gasteiger partial charge in [0.2, 0.25) is 5.91 Å². The van der Waals surface area contributed by atoms with Crippen molar-refractivity contribution in [3.63, 3.8) is 0 Å². The van der Waals surface area contributed by atoms with E-state index in [0.717, 1.165) is 22.1 Å². The molecular weight excluding hydrogens is 442 g/mol. The van der Waals surface area contributed by atoms with Crippen LogP contribution in [-0.2, 0) is 24.2 Å². The van der Waals surface area contributed by atoms with Gasteiger partial charge in [-0.25, -0.2) is 8.78 Å². The van der Waals surface area contributed by atoms with Crippen LogP contribution >= 0.6 is 11.8 Å². The lowest BCUT2D eigenvalue weighted by molar-refractivity contribution is -0.122. The minimum atomic E-state index is -0.956. The quantitative estimate of drug-likeness (QED) is 0.369. The first-order chi connectivity index (χ1) is 15.9. The molecule has 2 unspecified atom stereocenters. The molecule has 4 nitrogen and oxygen atoms in total. The Kier molecular flexibility index (Phi) is 9.42. The SMILES string of the molecule is CSc1ccc(CC(=O)NC(Cc2cc(F)cc(F)c2)C(O)CNCc2ccccc2)cc1. The fourth-order valence-electron chi connectivity index (χ4n) is 3.56. The van der Waals surface area contributed by atoms with Gasteiger partial charge in [0.1, 0.15) is 11.6 Å². The summed E-state index contributed by atoms with van der Waals surface area (Å²) in [6.45, 7) is 0.759. The Morgan fingerprint density at radius 2 is 1.61 bits per heavy atom. The zero-order valence-electron chi connectivity index (χ0n) is 18.4. The van der Waals surface area contributed by atoms with Crippen LogP contribution < -0.4 is 10.6 Å². The maximum atomic E-state index is 13.7. The van der Waals surface area contributed by atoms with Gasteiger partial charge in [0.15, 0.2) is 0 Å². The molecule has 7 heteroatoms. The maximum Gasteiger partial charge on any atom is 0.224 e. The van der Waals surface area contributed by atoms with E-state index < -0.39 is 23.8 Å². The molecule has 174 valence electrons. The maximum absolute atomic E-state index is 13.7. The molecule has 0 radical (unpaired) electrons. The van der Waals surface area contributed by atoms with Crippen molar-refractivity contribution in [2.24, 2.45) is 0 Å². The fourth-order valence-corrected chi connectivity index (χ4v) is 3.96. The van der Waals surface area contributed by atoms with Crippen molar-refractivity contribution >= 4 is 17.7 Å². The van der Waals surface area contributed by atoms with Gasteiger partial charge in [0.05, 0.1) is 18.6 Å². The third-order valence-corrected chi connectivity index (χ3v) is 5.98. The number of aliphatic hydroxyl groups is 1. The summed E-state index contributed by atoms with van der Waals surface area (Å²) in [5, 5.41) is 16.8. The molecule has 0 aliphatic heterocycles. The monoisotopic (exact) mass is 470 g/mol. The second-order valence-corrected chi connectivity index (χ2v) is 8.74. The van der Waals surface area contributed by atoms with Gasteiger partial charge in [-0.2, -0.15) is 0 Å². The number of carbonyl (C=O) groups excluding carboxylic acids is 1. The molecule has 3 aromatic carbocycles. The van der Waals surface area contributed by atoms with Gasteiger partial charge in [0, 0.05) is 24.1 Å². The standard InChI is InChI=1S/C26H28F2N2O2S/c1-33-23-9-7-18(8-10-23)14-26(32)30-24(13-20-11-21(27)15-22(28)12-20)25(31)17-29-16-19-5-3-2-4-6-19/h2-12,15,24-25,29,31H,13-14,16-17H2,1H3,(H,30,32). The number of rotatable bonds is 11. The Morgan fingerprint density at radius 1 is 0.939 bits per heavy atom. The molecule has 0 aliphatic carbocycles. The molecule has 1 amide bonds. The van der Waals surface area contributed by atoms with Gasteiger partial charge in [-0.3, -0.25) is 4.79 Å². The molecule has 0 saturated heterocycles. The highest BCUT2D eigenvalue weighted by Crippen LogP contribution is 2.16. The van der Waals surface area contributed by atoms with Gasteiger partial charge < -0.3 is 15.7 Å². The van der Waals surface area contributed by atoms with Crippen LogP contribution in [0.2, 0.25) is 0 Å². The van der Waals surface area contributed by atoms with Crippen molar-refractivity contribution in [1.29, 1.82) is 0 Å². The third-order valence-electron chi connectivity index (χ3n) is 5.24. The number of amides is 1. The lowest BCUT2D eigenvalue weighted by Crippen LogP contribution is -2.49. The first kappa shape index (κ1) is 24.9. The van der Waals surface area contributed by atoms with Crippen LogP contribution in [0.5, 0.6) is 0 Å². The van der Waals surface area contributed by atoms with E-state index in [0.29, 0.717) is 12.1 Å². The average Bonchev–Trinajstić information content (AvgIpc) is 2.79. The normalized spacial score (nSPS) is 12.8. The van der Waals surface area contributed by atoms with Gasteiger partial charge in [-0.05, 0) is 53.6 Å². The minimum absolute atomic E-state index is 0.0972. The molecular formula is C26H28F2N2O2S. The van der Waals surface area contributed by atoms with Crippen molar-refractivity contribution in [2.45, 2.75) is 36.4 Å². The van der Waals surface area contributed by atoms with Crippen LogP contribution in [0.25, 0.3) is 0 Å². The van der Waals surface area contributed by atoms with E-state index in [9.17, 15) is 18.7 Å². The number of carbonyl (C=O) groups is 1. The highest BCUT2D eigenvalue weighted by Gasteiger charge is 2.22. The highest BCUT2D eigenvalue weighted by molar-refractivity contribution is 7.98. The first-order valence-electron chi connectivity index (χ1n) is 10.7. The third kappa shape index (κ3) is 8.28. The summed E-state index contributed by atoms with van der Waals surface area (Å²) >= 11 is 1.62. The Balaban J connectivity index is 1.65. The summed E-state index contributed by atoms with van der Waals surface area (Å²) in [6, 6.07) is 19.9. The van der Waals surface area contributed by atoms with Crippen molar-refractivity contribution in [1.82, 2.24) is 10.6 Å². The van der Waals surface area contributed by atoms with Crippen molar-refractivity contribution in [3.05, 3.63) is 101 Å². The van der Waals surface area contributed by atoms with E-state index in [1.165, 1.54) is 12.1 Å². The predicted molar refractivity (Wildman–Crippen MR) is 128 cm³/mol. The predicted octanol–water partition coefficient (Wildman–Crippen LogP) is 4.11. The van der Waals surface area contributed by atoms with Crippen LogP contribution in [0.4, 0.5) is 8.78 Å². The van der Waals surface area contributed by atoms with E-state index in [-0.39, 0.29) is 25.3 Å². The van der Waals surface area contributed by atoms with Crippen LogP contribution in [-0.4, -0.2) is 36.0 Å². The summed E-state index contributed by atoms with van der Waals surface area (Å²) in [4.78, 5) is 13.8. The van der Waals surface area contributed by atoms with E-state index in [1.54, 1.807) is 11.8 Å². The second kappa shape index (κ2) is 12.5. The van der Waals surface area contributed by atoms with Crippen LogP contribution in [0.15, 0.2) is 77.7 Å².